The topological polar surface area (TPSA) is 37.3 Å². The van der Waals surface area contributed by atoms with E-state index in [4.69, 9.17) is 11.6 Å². The normalized spacial score (nSPS) is 30.5. The van der Waals surface area contributed by atoms with Crippen LogP contribution in [-0.2, 0) is 4.79 Å². The number of hydrogen-bond acceptors (Lipinski definition) is 2. The number of carboxylic acid groups (broad SMARTS) is 1. The number of thioether (sulfide) groups is 1. The van der Waals surface area contributed by atoms with Crippen LogP contribution in [0.25, 0.3) is 0 Å². The monoisotopic (exact) mass is 296 g/mol. The van der Waals surface area contributed by atoms with E-state index >= 15 is 0 Å². The second-order valence-electron chi connectivity index (χ2n) is 5.65. The van der Waals surface area contributed by atoms with E-state index in [1.165, 1.54) is 31.0 Å². The van der Waals surface area contributed by atoms with Gasteiger partial charge >= 0.3 is 5.97 Å². The summed E-state index contributed by atoms with van der Waals surface area (Å²) >= 11 is 7.57. The number of carboxylic acids is 1. The molecule has 1 aromatic carbocycles. The van der Waals surface area contributed by atoms with Crippen molar-refractivity contribution in [3.05, 3.63) is 29.3 Å². The summed E-state index contributed by atoms with van der Waals surface area (Å²) in [5, 5.41) is 9.85. The van der Waals surface area contributed by atoms with Crippen LogP contribution in [0.15, 0.2) is 29.2 Å². The molecule has 3 rings (SSSR count). The van der Waals surface area contributed by atoms with Gasteiger partial charge < -0.3 is 5.11 Å². The molecule has 2 bridgehead atoms. The van der Waals surface area contributed by atoms with E-state index < -0.39 is 5.97 Å². The number of benzene rings is 1. The average molecular weight is 297 g/mol. The van der Waals surface area contributed by atoms with E-state index in [1.807, 2.05) is 24.3 Å². The molecular weight excluding hydrogens is 280 g/mol. The molecule has 2 saturated carbocycles. The predicted molar refractivity (Wildman–Crippen MR) is 77.7 cm³/mol. The molecule has 0 aromatic heterocycles. The molecular formula is C15H17ClO2S. The van der Waals surface area contributed by atoms with Crippen LogP contribution in [0.2, 0.25) is 5.02 Å². The first-order chi connectivity index (χ1) is 9.15. The molecule has 1 aromatic rings. The van der Waals surface area contributed by atoms with E-state index in [1.54, 1.807) is 0 Å². The lowest BCUT2D eigenvalue weighted by atomic mass is 9.86. The Morgan fingerprint density at radius 1 is 1.32 bits per heavy atom. The van der Waals surface area contributed by atoms with Crippen LogP contribution in [0, 0.1) is 17.8 Å². The zero-order valence-corrected chi connectivity index (χ0v) is 12.2. The molecule has 4 heteroatoms. The van der Waals surface area contributed by atoms with E-state index in [-0.39, 0.29) is 5.25 Å². The third kappa shape index (κ3) is 2.63. The average Bonchev–Trinajstić information content (AvgIpc) is 2.99. The Balaban J connectivity index is 1.79. The van der Waals surface area contributed by atoms with Crippen LogP contribution in [0.3, 0.4) is 0 Å². The molecule has 2 nitrogen and oxygen atoms in total. The summed E-state index contributed by atoms with van der Waals surface area (Å²) in [6, 6.07) is 7.52. The second-order valence-corrected chi connectivity index (χ2v) is 7.24. The Bertz CT molecular complexity index is 491. The fraction of sp³-hybridized carbons (Fsp3) is 0.533. The van der Waals surface area contributed by atoms with Crippen LogP contribution in [0.4, 0.5) is 0 Å². The first-order valence-electron chi connectivity index (χ1n) is 6.79. The molecule has 0 amide bonds. The molecule has 2 fully saturated rings. The minimum absolute atomic E-state index is 0.317. The van der Waals surface area contributed by atoms with Gasteiger partial charge in [0, 0.05) is 4.90 Å². The van der Waals surface area contributed by atoms with Gasteiger partial charge in [0.2, 0.25) is 0 Å². The largest absolute Gasteiger partial charge is 0.480 e. The van der Waals surface area contributed by atoms with Crippen LogP contribution in [0.1, 0.15) is 25.7 Å². The molecule has 102 valence electrons. The first kappa shape index (κ1) is 13.3. The molecule has 0 heterocycles. The minimum atomic E-state index is -0.692. The van der Waals surface area contributed by atoms with E-state index in [0.717, 1.165) is 17.2 Å². The number of aliphatic carboxylic acids is 1. The highest BCUT2D eigenvalue weighted by Gasteiger charge is 2.45. The van der Waals surface area contributed by atoms with Gasteiger partial charge in [-0.1, -0.05) is 30.2 Å². The van der Waals surface area contributed by atoms with Crippen LogP contribution < -0.4 is 0 Å². The van der Waals surface area contributed by atoms with Crippen molar-refractivity contribution in [1.82, 2.24) is 0 Å². The molecule has 0 radical (unpaired) electrons. The smallest absolute Gasteiger partial charge is 0.317 e. The van der Waals surface area contributed by atoms with Gasteiger partial charge in [0.15, 0.2) is 0 Å². The van der Waals surface area contributed by atoms with Gasteiger partial charge in [-0.15, -0.1) is 11.8 Å². The molecule has 4 unspecified atom stereocenters. The van der Waals surface area contributed by atoms with Crippen molar-refractivity contribution >= 4 is 29.3 Å². The number of halogens is 1. The molecule has 2 aliphatic rings. The van der Waals surface area contributed by atoms with Gasteiger partial charge in [0.1, 0.15) is 5.25 Å². The van der Waals surface area contributed by atoms with Gasteiger partial charge in [-0.05, 0) is 49.1 Å². The van der Waals surface area contributed by atoms with Gasteiger partial charge in [-0.2, -0.15) is 0 Å². The van der Waals surface area contributed by atoms with Crippen molar-refractivity contribution in [2.45, 2.75) is 35.8 Å². The van der Waals surface area contributed by atoms with Crippen molar-refractivity contribution < 1.29 is 9.90 Å². The molecule has 0 spiro atoms. The van der Waals surface area contributed by atoms with Crippen LogP contribution in [0.5, 0.6) is 0 Å². The molecule has 2 aliphatic carbocycles. The maximum atomic E-state index is 11.6. The van der Waals surface area contributed by atoms with Gasteiger partial charge in [0.05, 0.1) is 5.02 Å². The summed E-state index contributed by atoms with van der Waals surface area (Å²) in [6.07, 6.45) is 4.82. The summed E-state index contributed by atoms with van der Waals surface area (Å²) in [6.45, 7) is 0. The molecule has 4 atom stereocenters. The maximum absolute atomic E-state index is 11.6. The SMILES string of the molecule is O=C(O)C(Sc1ccccc1Cl)C1CC2CCC1C2. The Kier molecular flexibility index (Phi) is 3.77. The van der Waals surface area contributed by atoms with E-state index in [9.17, 15) is 9.90 Å². The standard InChI is InChI=1S/C15H17ClO2S/c16-12-3-1-2-4-13(12)19-14(15(17)18)11-8-9-5-6-10(11)7-9/h1-4,9-11,14H,5-8H2,(H,17,18). The third-order valence-corrected chi connectivity index (χ3v) is 6.37. The number of rotatable bonds is 4. The van der Waals surface area contributed by atoms with E-state index in [2.05, 4.69) is 0 Å². The molecule has 19 heavy (non-hydrogen) atoms. The Morgan fingerprint density at radius 2 is 2.11 bits per heavy atom. The fourth-order valence-corrected chi connectivity index (χ4v) is 5.15. The summed E-state index contributed by atoms with van der Waals surface area (Å²) in [4.78, 5) is 12.5. The molecule has 0 aliphatic heterocycles. The zero-order valence-electron chi connectivity index (χ0n) is 10.6. The number of hydrogen-bond donors (Lipinski definition) is 1. The zero-order chi connectivity index (χ0) is 13.4. The van der Waals surface area contributed by atoms with Crippen molar-refractivity contribution in [1.29, 1.82) is 0 Å². The lowest BCUT2D eigenvalue weighted by Crippen LogP contribution is -2.30. The lowest BCUT2D eigenvalue weighted by molar-refractivity contribution is -0.137. The lowest BCUT2D eigenvalue weighted by Gasteiger charge is -2.27. The van der Waals surface area contributed by atoms with Crippen molar-refractivity contribution in [3.63, 3.8) is 0 Å². The molecule has 0 saturated heterocycles. The first-order valence-corrected chi connectivity index (χ1v) is 8.05. The Hall–Kier alpha value is -0.670. The highest BCUT2D eigenvalue weighted by molar-refractivity contribution is 8.00. The van der Waals surface area contributed by atoms with Gasteiger partial charge in [0.25, 0.3) is 0 Å². The summed E-state index contributed by atoms with van der Waals surface area (Å²) in [7, 11) is 0. The summed E-state index contributed by atoms with van der Waals surface area (Å²) in [5.74, 6) is 1.00. The highest BCUT2D eigenvalue weighted by atomic mass is 35.5. The second kappa shape index (κ2) is 5.37. The number of carbonyl (C=O) groups is 1. The maximum Gasteiger partial charge on any atom is 0.317 e. The summed E-state index contributed by atoms with van der Waals surface area (Å²) < 4.78 is 0. The fourth-order valence-electron chi connectivity index (χ4n) is 3.66. The van der Waals surface area contributed by atoms with Gasteiger partial charge in [-0.25, -0.2) is 0 Å². The Morgan fingerprint density at radius 3 is 2.68 bits per heavy atom. The quantitative estimate of drug-likeness (QED) is 0.841. The number of fused-ring (bicyclic) bond motifs is 2. The van der Waals surface area contributed by atoms with Crippen LogP contribution in [-0.4, -0.2) is 16.3 Å². The third-order valence-electron chi connectivity index (χ3n) is 4.52. The highest BCUT2D eigenvalue weighted by Crippen LogP contribution is 2.52. The van der Waals surface area contributed by atoms with Crippen molar-refractivity contribution in [3.8, 4) is 0 Å². The Labute approximate surface area is 122 Å². The summed E-state index contributed by atoms with van der Waals surface area (Å²) in [5.41, 5.74) is 0. The molecule has 1 N–H and O–H groups in total. The minimum Gasteiger partial charge on any atom is -0.480 e. The van der Waals surface area contributed by atoms with Gasteiger partial charge in [-0.3, -0.25) is 4.79 Å². The van der Waals surface area contributed by atoms with Crippen LogP contribution >= 0.6 is 23.4 Å². The predicted octanol–water partition coefficient (Wildman–Crippen LogP) is 4.32. The van der Waals surface area contributed by atoms with E-state index in [0.29, 0.717) is 16.9 Å². The van der Waals surface area contributed by atoms with Crippen molar-refractivity contribution in [2.75, 3.05) is 0 Å². The van der Waals surface area contributed by atoms with Crippen molar-refractivity contribution in [2.24, 2.45) is 17.8 Å².